The maximum absolute atomic E-state index is 12.3. The number of aliphatic hydroxyl groups is 1. The lowest BCUT2D eigenvalue weighted by molar-refractivity contribution is -0.0426. The van der Waals surface area contributed by atoms with Crippen molar-refractivity contribution in [3.63, 3.8) is 0 Å². The summed E-state index contributed by atoms with van der Waals surface area (Å²) >= 11 is 0. The van der Waals surface area contributed by atoms with E-state index in [9.17, 15) is 18.3 Å². The van der Waals surface area contributed by atoms with Crippen molar-refractivity contribution in [2.75, 3.05) is 19.7 Å². The number of hydrogen-bond donors (Lipinski definition) is 2. The third kappa shape index (κ3) is 3.02. The van der Waals surface area contributed by atoms with Crippen LogP contribution in [-0.2, 0) is 10.0 Å². The number of nitrogens with zero attached hydrogens (tertiary/aromatic N) is 1. The van der Waals surface area contributed by atoms with Gasteiger partial charge in [-0.15, -0.1) is 0 Å². The van der Waals surface area contributed by atoms with Crippen LogP contribution in [0.2, 0.25) is 0 Å². The maximum Gasteiger partial charge on any atom is 0.339 e. The number of rotatable bonds is 5. The largest absolute Gasteiger partial charge is 0.493 e. The second-order valence-corrected chi connectivity index (χ2v) is 7.10. The van der Waals surface area contributed by atoms with Gasteiger partial charge >= 0.3 is 5.97 Å². The van der Waals surface area contributed by atoms with Gasteiger partial charge in [0.05, 0.1) is 17.1 Å². The second kappa shape index (κ2) is 5.28. The number of hydrogen-bond acceptors (Lipinski definition) is 5. The molecule has 1 aliphatic rings. The molecule has 1 aliphatic heterocycles. The molecule has 0 aromatic heterocycles. The van der Waals surface area contributed by atoms with Gasteiger partial charge in [0.15, 0.2) is 0 Å². The third-order valence-electron chi connectivity index (χ3n) is 3.15. The molecular weight excluding hydrogens is 298 g/mol. The summed E-state index contributed by atoms with van der Waals surface area (Å²) in [5.41, 5.74) is -1.24. The number of benzene rings is 1. The lowest BCUT2D eigenvalue weighted by atomic mass is 10.0. The van der Waals surface area contributed by atoms with E-state index < -0.39 is 21.6 Å². The molecule has 2 N–H and O–H groups in total. The standard InChI is InChI=1S/C13H17NO6S/c1-3-20-11-5-4-9(6-10(11)12(15)16)21(18,19)14-7-13(2,17)8-14/h4-6,17H,3,7-8H2,1-2H3,(H,15,16). The minimum Gasteiger partial charge on any atom is -0.493 e. The van der Waals surface area contributed by atoms with Crippen molar-refractivity contribution >= 4 is 16.0 Å². The SMILES string of the molecule is CCOc1ccc(S(=O)(=O)N2CC(C)(O)C2)cc1C(=O)O. The van der Waals surface area contributed by atoms with Crippen LogP contribution in [0.5, 0.6) is 5.75 Å². The first-order chi connectivity index (χ1) is 9.67. The van der Waals surface area contributed by atoms with Gasteiger partial charge < -0.3 is 14.9 Å². The zero-order valence-electron chi connectivity index (χ0n) is 11.7. The van der Waals surface area contributed by atoms with Gasteiger partial charge in [0.25, 0.3) is 0 Å². The minimum atomic E-state index is -3.81. The van der Waals surface area contributed by atoms with Gasteiger partial charge in [-0.25, -0.2) is 13.2 Å². The summed E-state index contributed by atoms with van der Waals surface area (Å²) in [6.45, 7) is 3.51. The molecular formula is C13H17NO6S. The second-order valence-electron chi connectivity index (χ2n) is 5.17. The summed E-state index contributed by atoms with van der Waals surface area (Å²) in [5, 5.41) is 18.8. The van der Waals surface area contributed by atoms with Crippen molar-refractivity contribution in [1.29, 1.82) is 0 Å². The van der Waals surface area contributed by atoms with Crippen LogP contribution in [0.25, 0.3) is 0 Å². The van der Waals surface area contributed by atoms with E-state index in [0.717, 1.165) is 10.4 Å². The van der Waals surface area contributed by atoms with Gasteiger partial charge in [-0.2, -0.15) is 4.31 Å². The lowest BCUT2D eigenvalue weighted by Crippen LogP contribution is -2.61. The average Bonchev–Trinajstić information content (AvgIpc) is 2.36. The van der Waals surface area contributed by atoms with Crippen LogP contribution in [0.3, 0.4) is 0 Å². The summed E-state index contributed by atoms with van der Waals surface area (Å²) in [4.78, 5) is 11.1. The van der Waals surface area contributed by atoms with E-state index in [4.69, 9.17) is 9.84 Å². The normalized spacial score (nSPS) is 18.0. The highest BCUT2D eigenvalue weighted by molar-refractivity contribution is 7.89. The van der Waals surface area contributed by atoms with Gasteiger partial charge in [-0.05, 0) is 32.0 Å². The van der Waals surface area contributed by atoms with E-state index in [1.165, 1.54) is 12.1 Å². The van der Waals surface area contributed by atoms with Crippen LogP contribution in [0, 0.1) is 0 Å². The summed E-state index contributed by atoms with van der Waals surface area (Å²) < 4.78 is 30.9. The van der Waals surface area contributed by atoms with E-state index in [1.54, 1.807) is 13.8 Å². The van der Waals surface area contributed by atoms with Crippen LogP contribution in [0.1, 0.15) is 24.2 Å². The van der Waals surface area contributed by atoms with Crippen molar-refractivity contribution in [3.8, 4) is 5.75 Å². The molecule has 1 aromatic carbocycles. The molecule has 1 fully saturated rings. The zero-order chi connectivity index (χ0) is 15.8. The monoisotopic (exact) mass is 315 g/mol. The fraction of sp³-hybridized carbons (Fsp3) is 0.462. The predicted octanol–water partition coefficient (Wildman–Crippen LogP) is 0.539. The molecule has 0 atom stereocenters. The van der Waals surface area contributed by atoms with Crippen LogP contribution in [0.15, 0.2) is 23.1 Å². The number of carbonyl (C=O) groups is 1. The fourth-order valence-corrected chi connectivity index (χ4v) is 3.85. The smallest absolute Gasteiger partial charge is 0.339 e. The van der Waals surface area contributed by atoms with Gasteiger partial charge in [0.2, 0.25) is 10.0 Å². The van der Waals surface area contributed by atoms with Crippen LogP contribution in [-0.4, -0.2) is 54.2 Å². The van der Waals surface area contributed by atoms with Crippen molar-refractivity contribution in [3.05, 3.63) is 23.8 Å². The Morgan fingerprint density at radius 1 is 1.43 bits per heavy atom. The summed E-state index contributed by atoms with van der Waals surface area (Å²) in [7, 11) is -3.81. The number of sulfonamides is 1. The average molecular weight is 315 g/mol. The molecule has 0 unspecified atom stereocenters. The van der Waals surface area contributed by atoms with Gasteiger partial charge in [-0.3, -0.25) is 0 Å². The van der Waals surface area contributed by atoms with E-state index in [2.05, 4.69) is 0 Å². The lowest BCUT2D eigenvalue weighted by Gasteiger charge is -2.42. The summed E-state index contributed by atoms with van der Waals surface area (Å²) in [5.74, 6) is -1.13. The van der Waals surface area contributed by atoms with Crippen molar-refractivity contribution in [2.45, 2.75) is 24.3 Å². The molecule has 0 aliphatic carbocycles. The Morgan fingerprint density at radius 2 is 2.05 bits per heavy atom. The fourth-order valence-electron chi connectivity index (χ4n) is 2.15. The van der Waals surface area contributed by atoms with E-state index in [-0.39, 0.29) is 35.9 Å². The van der Waals surface area contributed by atoms with Crippen LogP contribution < -0.4 is 4.74 Å². The maximum atomic E-state index is 12.3. The van der Waals surface area contributed by atoms with E-state index in [1.807, 2.05) is 0 Å². The Bertz CT molecular complexity index is 659. The molecule has 2 rings (SSSR count). The van der Waals surface area contributed by atoms with Crippen LogP contribution in [0.4, 0.5) is 0 Å². The first kappa shape index (κ1) is 15.7. The topological polar surface area (TPSA) is 104 Å². The summed E-state index contributed by atoms with van der Waals surface area (Å²) in [6.07, 6.45) is 0. The molecule has 116 valence electrons. The predicted molar refractivity (Wildman–Crippen MR) is 74.0 cm³/mol. The molecule has 1 saturated heterocycles. The third-order valence-corrected chi connectivity index (χ3v) is 4.94. The number of carboxylic acids is 1. The highest BCUT2D eigenvalue weighted by Gasteiger charge is 2.44. The van der Waals surface area contributed by atoms with Crippen molar-refractivity contribution in [2.24, 2.45) is 0 Å². The van der Waals surface area contributed by atoms with Crippen LogP contribution >= 0.6 is 0 Å². The Kier molecular flexibility index (Phi) is 3.96. The quantitative estimate of drug-likeness (QED) is 0.822. The van der Waals surface area contributed by atoms with Gasteiger partial charge in [-0.1, -0.05) is 0 Å². The molecule has 1 aromatic rings. The molecule has 0 spiro atoms. The van der Waals surface area contributed by atoms with Crippen molar-refractivity contribution in [1.82, 2.24) is 4.31 Å². The Hall–Kier alpha value is -1.64. The molecule has 0 bridgehead atoms. The van der Waals surface area contributed by atoms with Gasteiger partial charge in [0, 0.05) is 13.1 Å². The Morgan fingerprint density at radius 3 is 2.52 bits per heavy atom. The summed E-state index contributed by atoms with van der Waals surface area (Å²) in [6, 6.07) is 3.72. The minimum absolute atomic E-state index is 0.00898. The molecule has 8 heteroatoms. The highest BCUT2D eigenvalue weighted by atomic mass is 32.2. The van der Waals surface area contributed by atoms with Crippen molar-refractivity contribution < 1.29 is 28.2 Å². The Labute approximate surface area is 122 Å². The highest BCUT2D eigenvalue weighted by Crippen LogP contribution is 2.30. The molecule has 0 amide bonds. The Balaban J connectivity index is 2.36. The molecule has 1 heterocycles. The molecule has 0 saturated carbocycles. The number of ether oxygens (including phenoxy) is 1. The van der Waals surface area contributed by atoms with E-state index >= 15 is 0 Å². The molecule has 7 nitrogen and oxygen atoms in total. The van der Waals surface area contributed by atoms with E-state index in [0.29, 0.717) is 0 Å². The number of aromatic carboxylic acids is 1. The first-order valence-corrected chi connectivity index (χ1v) is 7.84. The molecule has 0 radical (unpaired) electrons. The molecule has 21 heavy (non-hydrogen) atoms. The first-order valence-electron chi connectivity index (χ1n) is 6.40. The van der Waals surface area contributed by atoms with Gasteiger partial charge in [0.1, 0.15) is 11.3 Å². The zero-order valence-corrected chi connectivity index (χ0v) is 12.6. The number of β-amino-alcohol motifs (C(OH)–C–C–N with tert-alkyl or cyclic N) is 1. The number of carboxylic acid groups (broad SMARTS) is 1.